The molecule has 1 N–H and O–H groups in total. The molecule has 0 spiro atoms. The molecule has 1 aromatic carbocycles. The first-order valence-corrected chi connectivity index (χ1v) is 6.17. The first-order valence-electron chi connectivity index (χ1n) is 6.17. The summed E-state index contributed by atoms with van der Waals surface area (Å²) < 4.78 is 5.46. The number of hydrogen-bond donors (Lipinski definition) is 1. The van der Waals surface area contributed by atoms with E-state index < -0.39 is 0 Å². The Bertz CT molecular complexity index is 414. The van der Waals surface area contributed by atoms with Crippen molar-refractivity contribution in [1.82, 2.24) is 5.43 Å². The summed E-state index contributed by atoms with van der Waals surface area (Å²) in [5.74, 6) is 1.02. The summed E-state index contributed by atoms with van der Waals surface area (Å²) in [7, 11) is 0. The van der Waals surface area contributed by atoms with Gasteiger partial charge in [0.25, 0.3) is 0 Å². The SMILES string of the molecule is CCOc1ccccc1/C=N/NC(=O)CC(C)C. The average molecular weight is 248 g/mol. The van der Waals surface area contributed by atoms with Crippen LogP contribution in [0.15, 0.2) is 29.4 Å². The van der Waals surface area contributed by atoms with Gasteiger partial charge in [0.05, 0.1) is 12.8 Å². The molecule has 1 aromatic rings. The molecule has 0 saturated carbocycles. The predicted octanol–water partition coefficient (Wildman–Crippen LogP) is 2.58. The van der Waals surface area contributed by atoms with Crippen LogP contribution in [-0.4, -0.2) is 18.7 Å². The molecule has 0 atom stereocenters. The number of benzene rings is 1. The monoisotopic (exact) mass is 248 g/mol. The summed E-state index contributed by atoms with van der Waals surface area (Å²) >= 11 is 0. The number of hydrogen-bond acceptors (Lipinski definition) is 3. The summed E-state index contributed by atoms with van der Waals surface area (Å²) in [6.07, 6.45) is 2.08. The number of nitrogens with zero attached hydrogens (tertiary/aromatic N) is 1. The van der Waals surface area contributed by atoms with Gasteiger partial charge in [-0.25, -0.2) is 5.43 Å². The maximum absolute atomic E-state index is 11.4. The van der Waals surface area contributed by atoms with E-state index in [1.165, 1.54) is 0 Å². The quantitative estimate of drug-likeness (QED) is 0.621. The number of carbonyl (C=O) groups is 1. The van der Waals surface area contributed by atoms with Crippen LogP contribution in [0.3, 0.4) is 0 Å². The molecular weight excluding hydrogens is 228 g/mol. The summed E-state index contributed by atoms with van der Waals surface area (Å²) in [5, 5.41) is 3.93. The van der Waals surface area contributed by atoms with Crippen LogP contribution in [0.4, 0.5) is 0 Å². The average Bonchev–Trinajstić information content (AvgIpc) is 2.30. The number of nitrogens with one attached hydrogen (secondary N) is 1. The van der Waals surface area contributed by atoms with Gasteiger partial charge in [0.15, 0.2) is 0 Å². The second-order valence-electron chi connectivity index (χ2n) is 4.36. The van der Waals surface area contributed by atoms with E-state index in [-0.39, 0.29) is 5.91 Å². The van der Waals surface area contributed by atoms with Gasteiger partial charge in [0.1, 0.15) is 5.75 Å². The minimum atomic E-state index is -0.0739. The van der Waals surface area contributed by atoms with Gasteiger partial charge in [0.2, 0.25) is 5.91 Å². The van der Waals surface area contributed by atoms with E-state index in [0.29, 0.717) is 18.9 Å². The summed E-state index contributed by atoms with van der Waals surface area (Å²) in [5.41, 5.74) is 3.36. The second-order valence-corrected chi connectivity index (χ2v) is 4.36. The molecule has 0 aliphatic carbocycles. The Kier molecular flexibility index (Phi) is 5.91. The number of carbonyl (C=O) groups excluding carboxylic acids is 1. The fraction of sp³-hybridized carbons (Fsp3) is 0.429. The van der Waals surface area contributed by atoms with Gasteiger partial charge < -0.3 is 4.74 Å². The Hall–Kier alpha value is -1.84. The largest absolute Gasteiger partial charge is 0.493 e. The molecule has 0 radical (unpaired) electrons. The zero-order chi connectivity index (χ0) is 13.4. The molecule has 0 heterocycles. The number of hydrazone groups is 1. The summed E-state index contributed by atoms with van der Waals surface area (Å²) in [6.45, 7) is 6.52. The molecule has 0 aliphatic heterocycles. The van der Waals surface area contributed by atoms with Crippen molar-refractivity contribution in [2.24, 2.45) is 11.0 Å². The van der Waals surface area contributed by atoms with Crippen molar-refractivity contribution in [3.8, 4) is 5.75 Å². The van der Waals surface area contributed by atoms with Crippen LogP contribution in [0.2, 0.25) is 0 Å². The fourth-order valence-electron chi connectivity index (χ4n) is 1.46. The summed E-state index contributed by atoms with van der Waals surface area (Å²) in [4.78, 5) is 11.4. The second kappa shape index (κ2) is 7.48. The van der Waals surface area contributed by atoms with Gasteiger partial charge in [-0.3, -0.25) is 4.79 Å². The third kappa shape index (κ3) is 4.99. The molecule has 4 heteroatoms. The van der Waals surface area contributed by atoms with E-state index in [1.54, 1.807) is 6.21 Å². The Labute approximate surface area is 108 Å². The van der Waals surface area contributed by atoms with Gasteiger partial charge in [0, 0.05) is 12.0 Å². The molecule has 0 unspecified atom stereocenters. The normalized spacial score (nSPS) is 10.9. The third-order valence-electron chi connectivity index (χ3n) is 2.21. The van der Waals surface area contributed by atoms with Crippen LogP contribution in [0, 0.1) is 5.92 Å². The van der Waals surface area contributed by atoms with E-state index in [0.717, 1.165) is 11.3 Å². The van der Waals surface area contributed by atoms with Gasteiger partial charge in [-0.15, -0.1) is 0 Å². The fourth-order valence-corrected chi connectivity index (χ4v) is 1.46. The molecule has 0 bridgehead atoms. The highest BCUT2D eigenvalue weighted by atomic mass is 16.5. The lowest BCUT2D eigenvalue weighted by Crippen LogP contribution is -2.19. The van der Waals surface area contributed by atoms with E-state index in [2.05, 4.69) is 10.5 Å². The van der Waals surface area contributed by atoms with Crippen molar-refractivity contribution < 1.29 is 9.53 Å². The molecule has 0 saturated heterocycles. The first-order chi connectivity index (χ1) is 8.63. The first kappa shape index (κ1) is 14.2. The van der Waals surface area contributed by atoms with Gasteiger partial charge >= 0.3 is 0 Å². The lowest BCUT2D eigenvalue weighted by molar-refractivity contribution is -0.121. The third-order valence-corrected chi connectivity index (χ3v) is 2.21. The van der Waals surface area contributed by atoms with Gasteiger partial charge in [-0.05, 0) is 25.0 Å². The standard InChI is InChI=1S/C14H20N2O2/c1-4-18-13-8-6-5-7-12(13)10-15-16-14(17)9-11(2)3/h5-8,10-11H,4,9H2,1-3H3,(H,16,17)/b15-10+. The molecule has 18 heavy (non-hydrogen) atoms. The minimum Gasteiger partial charge on any atom is -0.493 e. The highest BCUT2D eigenvalue weighted by molar-refractivity contribution is 5.85. The van der Waals surface area contributed by atoms with E-state index in [9.17, 15) is 4.79 Å². The van der Waals surface area contributed by atoms with Crippen molar-refractivity contribution in [2.75, 3.05) is 6.61 Å². The van der Waals surface area contributed by atoms with Crippen LogP contribution in [0.5, 0.6) is 5.75 Å². The Morgan fingerprint density at radius 3 is 2.83 bits per heavy atom. The Morgan fingerprint density at radius 1 is 1.44 bits per heavy atom. The predicted molar refractivity (Wildman–Crippen MR) is 72.8 cm³/mol. The van der Waals surface area contributed by atoms with Crippen molar-refractivity contribution in [1.29, 1.82) is 0 Å². The van der Waals surface area contributed by atoms with E-state index in [4.69, 9.17) is 4.74 Å². The van der Waals surface area contributed by atoms with Crippen LogP contribution < -0.4 is 10.2 Å². The molecule has 1 rings (SSSR count). The van der Waals surface area contributed by atoms with Crippen molar-refractivity contribution >= 4 is 12.1 Å². The van der Waals surface area contributed by atoms with Gasteiger partial charge in [-0.2, -0.15) is 5.10 Å². The molecule has 1 amide bonds. The number of amides is 1. The Balaban J connectivity index is 2.58. The lowest BCUT2D eigenvalue weighted by Gasteiger charge is -2.06. The van der Waals surface area contributed by atoms with Crippen molar-refractivity contribution in [2.45, 2.75) is 27.2 Å². The van der Waals surface area contributed by atoms with Gasteiger partial charge in [-0.1, -0.05) is 26.0 Å². The zero-order valence-corrected chi connectivity index (χ0v) is 11.1. The zero-order valence-electron chi connectivity index (χ0n) is 11.1. The highest BCUT2D eigenvalue weighted by Gasteiger charge is 2.03. The van der Waals surface area contributed by atoms with Crippen molar-refractivity contribution in [3.63, 3.8) is 0 Å². The maximum Gasteiger partial charge on any atom is 0.240 e. The van der Waals surface area contributed by atoms with E-state index in [1.807, 2.05) is 45.0 Å². The van der Waals surface area contributed by atoms with Crippen LogP contribution in [-0.2, 0) is 4.79 Å². The topological polar surface area (TPSA) is 50.7 Å². The highest BCUT2D eigenvalue weighted by Crippen LogP contribution is 2.15. The molecule has 0 aliphatic rings. The van der Waals surface area contributed by atoms with Crippen LogP contribution in [0.25, 0.3) is 0 Å². The minimum absolute atomic E-state index is 0.0739. The van der Waals surface area contributed by atoms with Crippen LogP contribution in [0.1, 0.15) is 32.8 Å². The molecular formula is C14H20N2O2. The number of para-hydroxylation sites is 1. The smallest absolute Gasteiger partial charge is 0.240 e. The number of rotatable bonds is 6. The van der Waals surface area contributed by atoms with E-state index >= 15 is 0 Å². The number of ether oxygens (including phenoxy) is 1. The maximum atomic E-state index is 11.4. The van der Waals surface area contributed by atoms with Crippen molar-refractivity contribution in [3.05, 3.63) is 29.8 Å². The molecule has 4 nitrogen and oxygen atoms in total. The lowest BCUT2D eigenvalue weighted by atomic mass is 10.1. The summed E-state index contributed by atoms with van der Waals surface area (Å²) in [6, 6.07) is 7.57. The molecule has 0 fully saturated rings. The molecule has 0 aromatic heterocycles. The molecule has 98 valence electrons. The van der Waals surface area contributed by atoms with Crippen LogP contribution >= 0.6 is 0 Å². The Morgan fingerprint density at radius 2 is 2.17 bits per heavy atom.